The fourth-order valence-electron chi connectivity index (χ4n) is 1.32. The summed E-state index contributed by atoms with van der Waals surface area (Å²) in [4.78, 5) is -1.12. The summed E-state index contributed by atoms with van der Waals surface area (Å²) >= 11 is 1.33. The fraction of sp³-hybridized carbons (Fsp3) is 0. The molecule has 0 amide bonds. The van der Waals surface area contributed by atoms with Crippen LogP contribution in [0.15, 0.2) is 46.7 Å². The lowest BCUT2D eigenvalue weighted by molar-refractivity contribution is 0.364. The van der Waals surface area contributed by atoms with E-state index in [0.717, 1.165) is 17.0 Å². The van der Waals surface area contributed by atoms with Crippen molar-refractivity contribution in [3.05, 3.63) is 41.8 Å². The third kappa shape index (κ3) is 2.78. The molecule has 0 saturated carbocycles. The standard InChI is InChI=1S/C10H7F5S2/c11-17(12,13,14,15)9-5-3-8(4-6-9)10-2-1-7-16-10/h1-7H. The van der Waals surface area contributed by atoms with Gasteiger partial charge >= 0.3 is 10.2 Å². The second kappa shape index (κ2) is 3.02. The van der Waals surface area contributed by atoms with Crippen LogP contribution >= 0.6 is 21.6 Å². The maximum absolute atomic E-state index is 12.4. The number of rotatable bonds is 2. The molecule has 1 heterocycles. The summed E-state index contributed by atoms with van der Waals surface area (Å²) in [5.74, 6) is 0. The van der Waals surface area contributed by atoms with Gasteiger partial charge in [0.2, 0.25) is 0 Å². The van der Waals surface area contributed by atoms with E-state index in [1.807, 2.05) is 0 Å². The maximum Gasteiger partial charge on any atom is 0.310 e. The lowest BCUT2D eigenvalue weighted by Gasteiger charge is -2.40. The normalized spacial score (nSPS) is 16.3. The Bertz CT molecular complexity index is 524. The number of benzene rings is 1. The Balaban J connectivity index is 2.46. The van der Waals surface area contributed by atoms with Crippen LogP contribution in [0.2, 0.25) is 0 Å². The topological polar surface area (TPSA) is 0 Å². The van der Waals surface area contributed by atoms with Crippen LogP contribution in [0.3, 0.4) is 0 Å². The van der Waals surface area contributed by atoms with Gasteiger partial charge in [-0.15, -0.1) is 11.3 Å². The van der Waals surface area contributed by atoms with Crippen molar-refractivity contribution in [2.24, 2.45) is 0 Å². The van der Waals surface area contributed by atoms with Crippen molar-refractivity contribution in [3.8, 4) is 10.4 Å². The highest BCUT2D eigenvalue weighted by Gasteiger charge is 2.65. The Morgan fingerprint density at radius 2 is 1.41 bits per heavy atom. The molecule has 0 nitrogen and oxygen atoms in total. The van der Waals surface area contributed by atoms with Crippen LogP contribution in [-0.2, 0) is 0 Å². The minimum atomic E-state index is -9.54. The summed E-state index contributed by atoms with van der Waals surface area (Å²) in [6.07, 6.45) is 0. The predicted octanol–water partition coefficient (Wildman–Crippen LogP) is 6.07. The van der Waals surface area contributed by atoms with Gasteiger partial charge in [0.05, 0.1) is 0 Å². The molecule has 0 atom stereocenters. The highest BCUT2D eigenvalue weighted by molar-refractivity contribution is 8.45. The second-order valence-electron chi connectivity index (χ2n) is 3.47. The van der Waals surface area contributed by atoms with Crippen molar-refractivity contribution in [1.82, 2.24) is 0 Å². The third-order valence-electron chi connectivity index (χ3n) is 2.11. The predicted molar refractivity (Wildman–Crippen MR) is 61.2 cm³/mol. The largest absolute Gasteiger partial charge is 0.310 e. The van der Waals surface area contributed by atoms with E-state index < -0.39 is 15.1 Å². The van der Waals surface area contributed by atoms with Crippen molar-refractivity contribution in [3.63, 3.8) is 0 Å². The number of hydrogen-bond acceptors (Lipinski definition) is 1. The molecule has 0 fully saturated rings. The van der Waals surface area contributed by atoms with Crippen molar-refractivity contribution in [2.75, 3.05) is 0 Å². The van der Waals surface area contributed by atoms with Crippen molar-refractivity contribution >= 4 is 21.6 Å². The Hall–Kier alpha value is -1.08. The van der Waals surface area contributed by atoms with Gasteiger partial charge in [-0.05, 0) is 29.1 Å². The van der Waals surface area contributed by atoms with E-state index in [0.29, 0.717) is 17.7 Å². The molecule has 94 valence electrons. The van der Waals surface area contributed by atoms with Gasteiger partial charge < -0.3 is 0 Å². The number of halogens is 5. The Kier molecular flexibility index (Phi) is 2.20. The van der Waals surface area contributed by atoms with Gasteiger partial charge in [0, 0.05) is 4.88 Å². The van der Waals surface area contributed by atoms with E-state index in [4.69, 9.17) is 0 Å². The van der Waals surface area contributed by atoms with E-state index in [9.17, 15) is 19.4 Å². The first-order chi connectivity index (χ1) is 7.56. The molecule has 0 radical (unpaired) electrons. The first kappa shape index (κ1) is 12.4. The molecule has 0 unspecified atom stereocenters. The molecular weight excluding hydrogens is 279 g/mol. The molecule has 1 aromatic carbocycles. The molecular formula is C10H7F5S2. The molecule has 1 aromatic heterocycles. The van der Waals surface area contributed by atoms with Gasteiger partial charge in [0.1, 0.15) is 4.90 Å². The molecule has 0 aliphatic rings. The van der Waals surface area contributed by atoms with Crippen LogP contribution in [0.5, 0.6) is 0 Å². The number of thiophene rings is 1. The Morgan fingerprint density at radius 3 is 1.82 bits per heavy atom. The van der Waals surface area contributed by atoms with E-state index in [2.05, 4.69) is 0 Å². The van der Waals surface area contributed by atoms with E-state index in [1.165, 1.54) is 11.3 Å². The minimum Gasteiger partial charge on any atom is -0.144 e. The SMILES string of the molecule is FS(F)(F)(F)(F)c1ccc(-c2cccs2)cc1. The van der Waals surface area contributed by atoms with Crippen LogP contribution in [0.1, 0.15) is 0 Å². The summed E-state index contributed by atoms with van der Waals surface area (Å²) in [6.45, 7) is 0. The molecule has 0 aliphatic heterocycles. The fourth-order valence-corrected chi connectivity index (χ4v) is 2.70. The summed E-state index contributed by atoms with van der Waals surface area (Å²) in [5.41, 5.74) is 0.491. The zero-order chi connectivity index (χ0) is 12.8. The number of hydrogen-bond donors (Lipinski definition) is 0. The van der Waals surface area contributed by atoms with Crippen molar-refractivity contribution in [2.45, 2.75) is 4.90 Å². The van der Waals surface area contributed by atoms with Gasteiger partial charge in [0.15, 0.2) is 0 Å². The first-order valence-electron chi connectivity index (χ1n) is 4.44. The summed E-state index contributed by atoms with van der Waals surface area (Å²) < 4.78 is 62.1. The molecule has 7 heteroatoms. The summed E-state index contributed by atoms with van der Waals surface area (Å²) in [7, 11) is -9.54. The highest BCUT2D eigenvalue weighted by Crippen LogP contribution is 3.02. The highest BCUT2D eigenvalue weighted by atomic mass is 32.5. The zero-order valence-electron chi connectivity index (χ0n) is 8.25. The zero-order valence-corrected chi connectivity index (χ0v) is 9.88. The van der Waals surface area contributed by atoms with Crippen LogP contribution in [-0.4, -0.2) is 0 Å². The van der Waals surface area contributed by atoms with Crippen LogP contribution in [0, 0.1) is 0 Å². The van der Waals surface area contributed by atoms with Gasteiger partial charge in [-0.3, -0.25) is 0 Å². The molecule has 0 spiro atoms. The minimum absolute atomic E-state index is 0.427. The molecule has 2 aromatic rings. The lowest BCUT2D eigenvalue weighted by atomic mass is 10.2. The monoisotopic (exact) mass is 286 g/mol. The van der Waals surface area contributed by atoms with Crippen LogP contribution < -0.4 is 0 Å². The van der Waals surface area contributed by atoms with Gasteiger partial charge in [-0.1, -0.05) is 37.6 Å². The summed E-state index contributed by atoms with van der Waals surface area (Å²) in [5, 5.41) is 1.76. The molecule has 0 saturated heterocycles. The molecule has 0 aliphatic carbocycles. The smallest absolute Gasteiger partial charge is 0.144 e. The molecule has 17 heavy (non-hydrogen) atoms. The van der Waals surface area contributed by atoms with Crippen LogP contribution in [0.4, 0.5) is 19.4 Å². The van der Waals surface area contributed by atoms with E-state index in [1.54, 1.807) is 17.5 Å². The molecule has 0 N–H and O–H groups in total. The maximum atomic E-state index is 12.4. The lowest BCUT2D eigenvalue weighted by Crippen LogP contribution is -2.05. The Labute approximate surface area is 98.4 Å². The van der Waals surface area contributed by atoms with Crippen molar-refractivity contribution < 1.29 is 19.4 Å². The van der Waals surface area contributed by atoms with E-state index in [-0.39, 0.29) is 0 Å². The third-order valence-corrected chi connectivity index (χ3v) is 4.19. The average molecular weight is 286 g/mol. The molecule has 2 rings (SSSR count). The van der Waals surface area contributed by atoms with Crippen LogP contribution in [0.25, 0.3) is 10.4 Å². The van der Waals surface area contributed by atoms with Gasteiger partial charge in [-0.25, -0.2) is 0 Å². The average Bonchev–Trinajstić information content (AvgIpc) is 2.67. The molecule has 0 bridgehead atoms. The Morgan fingerprint density at radius 1 is 0.824 bits per heavy atom. The van der Waals surface area contributed by atoms with Gasteiger partial charge in [-0.2, -0.15) is 0 Å². The second-order valence-corrected chi connectivity index (χ2v) is 6.83. The van der Waals surface area contributed by atoms with Gasteiger partial charge in [0.25, 0.3) is 0 Å². The quantitative estimate of drug-likeness (QED) is 0.587. The van der Waals surface area contributed by atoms with E-state index >= 15 is 0 Å². The first-order valence-corrected chi connectivity index (χ1v) is 7.27. The van der Waals surface area contributed by atoms with Crippen molar-refractivity contribution in [1.29, 1.82) is 0 Å². The summed E-state index contributed by atoms with van der Waals surface area (Å²) in [6, 6.07) is 6.41.